The van der Waals surface area contributed by atoms with Gasteiger partial charge < -0.3 is 10.6 Å². The minimum Gasteiger partial charge on any atom is -0.318 e. The molecule has 0 spiro atoms. The van der Waals surface area contributed by atoms with Crippen molar-refractivity contribution in [2.45, 2.75) is 19.4 Å². The lowest BCUT2D eigenvalue weighted by molar-refractivity contribution is 0.526. The second-order valence-electron chi connectivity index (χ2n) is 3.52. The van der Waals surface area contributed by atoms with E-state index in [0.29, 0.717) is 6.04 Å². The summed E-state index contributed by atoms with van der Waals surface area (Å²) < 4.78 is 0. The quantitative estimate of drug-likeness (QED) is 0.702. The summed E-state index contributed by atoms with van der Waals surface area (Å²) in [5.74, 6) is 0. The maximum absolute atomic E-state index is 4.08. The molecule has 1 aromatic rings. The number of pyridine rings is 1. The highest BCUT2D eigenvalue weighted by molar-refractivity contribution is 5.08. The Kier molecular flexibility index (Phi) is 5.19. The van der Waals surface area contributed by atoms with Crippen LogP contribution in [0.4, 0.5) is 0 Å². The van der Waals surface area contributed by atoms with Gasteiger partial charge in [0.1, 0.15) is 0 Å². The summed E-state index contributed by atoms with van der Waals surface area (Å²) in [6.07, 6.45) is 4.77. The molecule has 78 valence electrons. The Hall–Kier alpha value is -0.930. The zero-order valence-corrected chi connectivity index (χ0v) is 8.96. The predicted molar refractivity (Wildman–Crippen MR) is 59.3 cm³/mol. The third-order valence-electron chi connectivity index (χ3n) is 2.14. The SMILES string of the molecule is CNCC(C)NCCc1cccnc1. The Morgan fingerprint density at radius 1 is 1.50 bits per heavy atom. The third kappa shape index (κ3) is 4.35. The molecule has 1 aromatic heterocycles. The Bertz CT molecular complexity index is 236. The van der Waals surface area contributed by atoms with E-state index in [-0.39, 0.29) is 0 Å². The lowest BCUT2D eigenvalue weighted by atomic mass is 10.2. The van der Waals surface area contributed by atoms with Crippen LogP contribution in [0.2, 0.25) is 0 Å². The van der Waals surface area contributed by atoms with Gasteiger partial charge in [0.05, 0.1) is 0 Å². The van der Waals surface area contributed by atoms with Crippen LogP contribution in [0.3, 0.4) is 0 Å². The van der Waals surface area contributed by atoms with Crippen molar-refractivity contribution < 1.29 is 0 Å². The molecule has 1 heterocycles. The molecule has 0 saturated carbocycles. The Labute approximate surface area is 85.9 Å². The van der Waals surface area contributed by atoms with Crippen molar-refractivity contribution in [2.75, 3.05) is 20.1 Å². The number of hydrogen-bond acceptors (Lipinski definition) is 3. The van der Waals surface area contributed by atoms with Gasteiger partial charge in [-0.2, -0.15) is 0 Å². The molecular formula is C11H19N3. The van der Waals surface area contributed by atoms with Gasteiger partial charge in [0.2, 0.25) is 0 Å². The zero-order chi connectivity index (χ0) is 10.2. The van der Waals surface area contributed by atoms with Crippen LogP contribution in [0.25, 0.3) is 0 Å². The molecule has 14 heavy (non-hydrogen) atoms. The molecule has 0 aliphatic heterocycles. The average molecular weight is 193 g/mol. The zero-order valence-electron chi connectivity index (χ0n) is 8.96. The fraction of sp³-hybridized carbons (Fsp3) is 0.545. The maximum atomic E-state index is 4.08. The molecule has 0 aliphatic rings. The van der Waals surface area contributed by atoms with E-state index in [1.54, 1.807) is 6.20 Å². The van der Waals surface area contributed by atoms with Crippen molar-refractivity contribution >= 4 is 0 Å². The molecule has 0 aliphatic carbocycles. The maximum Gasteiger partial charge on any atom is 0.0300 e. The van der Waals surface area contributed by atoms with Crippen LogP contribution in [0.1, 0.15) is 12.5 Å². The lowest BCUT2D eigenvalue weighted by Crippen LogP contribution is -2.35. The molecule has 3 heteroatoms. The van der Waals surface area contributed by atoms with Crippen LogP contribution >= 0.6 is 0 Å². The summed E-state index contributed by atoms with van der Waals surface area (Å²) >= 11 is 0. The number of likely N-dealkylation sites (N-methyl/N-ethyl adjacent to an activating group) is 1. The van der Waals surface area contributed by atoms with Crippen LogP contribution in [0.15, 0.2) is 24.5 Å². The highest BCUT2D eigenvalue weighted by atomic mass is 15.0. The summed E-state index contributed by atoms with van der Waals surface area (Å²) in [6.45, 7) is 4.20. The van der Waals surface area contributed by atoms with Crippen LogP contribution in [0, 0.1) is 0 Å². The fourth-order valence-corrected chi connectivity index (χ4v) is 1.39. The van der Waals surface area contributed by atoms with Crippen LogP contribution in [0.5, 0.6) is 0 Å². The van der Waals surface area contributed by atoms with Crippen molar-refractivity contribution in [3.63, 3.8) is 0 Å². The standard InChI is InChI=1S/C11H19N3/c1-10(8-12-2)14-7-5-11-4-3-6-13-9-11/h3-4,6,9-10,12,14H,5,7-8H2,1-2H3. The molecule has 0 bridgehead atoms. The van der Waals surface area contributed by atoms with Crippen molar-refractivity contribution in [1.82, 2.24) is 15.6 Å². The van der Waals surface area contributed by atoms with Gasteiger partial charge >= 0.3 is 0 Å². The van der Waals surface area contributed by atoms with Gasteiger partial charge in [-0.05, 0) is 38.6 Å². The second kappa shape index (κ2) is 6.51. The summed E-state index contributed by atoms with van der Waals surface area (Å²) in [5, 5.41) is 6.58. The van der Waals surface area contributed by atoms with Crippen molar-refractivity contribution in [3.05, 3.63) is 30.1 Å². The predicted octanol–water partition coefficient (Wildman–Crippen LogP) is 0.822. The molecule has 0 amide bonds. The molecule has 1 rings (SSSR count). The highest BCUT2D eigenvalue weighted by Crippen LogP contribution is 1.95. The van der Waals surface area contributed by atoms with Gasteiger partial charge in [-0.25, -0.2) is 0 Å². The summed E-state index contributed by atoms with van der Waals surface area (Å²) in [5.41, 5.74) is 1.29. The lowest BCUT2D eigenvalue weighted by Gasteiger charge is -2.12. The number of nitrogens with zero attached hydrogens (tertiary/aromatic N) is 1. The first-order chi connectivity index (χ1) is 6.83. The third-order valence-corrected chi connectivity index (χ3v) is 2.14. The van der Waals surface area contributed by atoms with E-state index in [1.165, 1.54) is 5.56 Å². The second-order valence-corrected chi connectivity index (χ2v) is 3.52. The van der Waals surface area contributed by atoms with E-state index in [9.17, 15) is 0 Å². The number of rotatable bonds is 6. The van der Waals surface area contributed by atoms with Crippen molar-refractivity contribution in [1.29, 1.82) is 0 Å². The normalized spacial score (nSPS) is 12.7. The first kappa shape index (κ1) is 11.1. The van der Waals surface area contributed by atoms with E-state index in [4.69, 9.17) is 0 Å². The van der Waals surface area contributed by atoms with Gasteiger partial charge in [-0.3, -0.25) is 4.98 Å². The fourth-order valence-electron chi connectivity index (χ4n) is 1.39. The number of aromatic nitrogens is 1. The Morgan fingerprint density at radius 3 is 3.00 bits per heavy atom. The van der Waals surface area contributed by atoms with Crippen molar-refractivity contribution in [3.8, 4) is 0 Å². The minimum absolute atomic E-state index is 0.525. The Morgan fingerprint density at radius 2 is 2.36 bits per heavy atom. The van der Waals surface area contributed by atoms with Gasteiger partial charge in [-0.1, -0.05) is 6.07 Å². The molecular weight excluding hydrogens is 174 g/mol. The minimum atomic E-state index is 0.525. The van der Waals surface area contributed by atoms with Crippen LogP contribution in [-0.4, -0.2) is 31.2 Å². The summed E-state index contributed by atoms with van der Waals surface area (Å²) in [4.78, 5) is 4.08. The van der Waals surface area contributed by atoms with Crippen molar-refractivity contribution in [2.24, 2.45) is 0 Å². The first-order valence-electron chi connectivity index (χ1n) is 5.10. The van der Waals surface area contributed by atoms with E-state index in [1.807, 2.05) is 19.3 Å². The number of hydrogen-bond donors (Lipinski definition) is 2. The monoisotopic (exact) mass is 193 g/mol. The van der Waals surface area contributed by atoms with Gasteiger partial charge in [0, 0.05) is 25.0 Å². The molecule has 2 N–H and O–H groups in total. The Balaban J connectivity index is 2.16. The van der Waals surface area contributed by atoms with Crippen LogP contribution < -0.4 is 10.6 Å². The van der Waals surface area contributed by atoms with E-state index < -0.39 is 0 Å². The summed E-state index contributed by atoms with van der Waals surface area (Å²) in [7, 11) is 1.97. The molecule has 0 fully saturated rings. The molecule has 1 atom stereocenters. The topological polar surface area (TPSA) is 37.0 Å². The van der Waals surface area contributed by atoms with E-state index in [0.717, 1.165) is 19.5 Å². The van der Waals surface area contributed by atoms with E-state index >= 15 is 0 Å². The van der Waals surface area contributed by atoms with Gasteiger partial charge in [-0.15, -0.1) is 0 Å². The number of nitrogens with one attached hydrogen (secondary N) is 2. The molecule has 0 radical (unpaired) electrons. The molecule has 1 unspecified atom stereocenters. The summed E-state index contributed by atoms with van der Waals surface area (Å²) in [6, 6.07) is 4.61. The molecule has 0 aromatic carbocycles. The molecule has 0 saturated heterocycles. The largest absolute Gasteiger partial charge is 0.318 e. The van der Waals surface area contributed by atoms with Gasteiger partial charge in [0.25, 0.3) is 0 Å². The first-order valence-corrected chi connectivity index (χ1v) is 5.10. The van der Waals surface area contributed by atoms with Gasteiger partial charge in [0.15, 0.2) is 0 Å². The average Bonchev–Trinajstić information content (AvgIpc) is 2.20. The van der Waals surface area contributed by atoms with Crippen LogP contribution in [-0.2, 0) is 6.42 Å². The molecule has 3 nitrogen and oxygen atoms in total. The smallest absolute Gasteiger partial charge is 0.0300 e. The highest BCUT2D eigenvalue weighted by Gasteiger charge is 1.98. The van der Waals surface area contributed by atoms with E-state index in [2.05, 4.69) is 28.6 Å².